The van der Waals surface area contributed by atoms with Crippen molar-refractivity contribution in [2.45, 2.75) is 58.0 Å². The van der Waals surface area contributed by atoms with Crippen molar-refractivity contribution in [3.63, 3.8) is 0 Å². The molecular weight excluding hydrogens is 437 g/mol. The zero-order valence-corrected chi connectivity index (χ0v) is 20.5. The van der Waals surface area contributed by atoms with Crippen molar-refractivity contribution < 1.29 is 33.1 Å². The lowest BCUT2D eigenvalue weighted by molar-refractivity contribution is -0.143. The number of hydrogen-bond donors (Lipinski definition) is 1. The number of carbonyl (C=O) groups excluding carboxylic acids is 2. The van der Waals surface area contributed by atoms with E-state index in [9.17, 15) is 9.59 Å². The minimum Gasteiger partial charge on any atom is -0.497 e. The van der Waals surface area contributed by atoms with Crippen LogP contribution in [0.15, 0.2) is 48.5 Å². The average molecular weight is 469 g/mol. The fourth-order valence-electron chi connectivity index (χ4n) is 3.54. The Kier molecular flexibility index (Phi) is 7.89. The number of rotatable bonds is 8. The van der Waals surface area contributed by atoms with Crippen molar-refractivity contribution in [2.75, 3.05) is 14.2 Å². The average Bonchev–Trinajstić information content (AvgIpc) is 3.04. The summed E-state index contributed by atoms with van der Waals surface area (Å²) in [6, 6.07) is 13.8. The van der Waals surface area contributed by atoms with Crippen LogP contribution in [-0.2, 0) is 36.6 Å². The smallest absolute Gasteiger partial charge is 0.497 e. The van der Waals surface area contributed by atoms with Gasteiger partial charge in [0.2, 0.25) is 0 Å². The van der Waals surface area contributed by atoms with Crippen LogP contribution in [0.4, 0.5) is 4.79 Å². The maximum absolute atomic E-state index is 12.4. The summed E-state index contributed by atoms with van der Waals surface area (Å²) in [6.07, 6.45) is -0.525. The van der Waals surface area contributed by atoms with Crippen molar-refractivity contribution >= 4 is 24.6 Å². The number of methoxy groups -OCH3 is 2. The van der Waals surface area contributed by atoms with Gasteiger partial charge in [0.05, 0.1) is 25.4 Å². The van der Waals surface area contributed by atoms with Crippen LogP contribution in [0.1, 0.15) is 38.8 Å². The molecule has 1 heterocycles. The van der Waals surface area contributed by atoms with E-state index in [1.165, 1.54) is 7.11 Å². The van der Waals surface area contributed by atoms with Crippen LogP contribution in [0.2, 0.25) is 0 Å². The molecule has 1 saturated heterocycles. The van der Waals surface area contributed by atoms with Crippen LogP contribution in [0.25, 0.3) is 0 Å². The van der Waals surface area contributed by atoms with Gasteiger partial charge in [-0.25, -0.2) is 9.59 Å². The van der Waals surface area contributed by atoms with Gasteiger partial charge in [-0.1, -0.05) is 42.5 Å². The van der Waals surface area contributed by atoms with Gasteiger partial charge in [-0.2, -0.15) is 0 Å². The molecule has 0 spiro atoms. The number of amides is 1. The van der Waals surface area contributed by atoms with Gasteiger partial charge in [0.15, 0.2) is 0 Å². The number of carbonyl (C=O) groups is 2. The predicted molar refractivity (Wildman–Crippen MR) is 128 cm³/mol. The third kappa shape index (κ3) is 5.90. The van der Waals surface area contributed by atoms with E-state index in [1.54, 1.807) is 13.2 Å². The van der Waals surface area contributed by atoms with E-state index in [2.05, 4.69) is 5.32 Å². The first-order valence-corrected chi connectivity index (χ1v) is 11.1. The Morgan fingerprint density at radius 3 is 2.21 bits per heavy atom. The van der Waals surface area contributed by atoms with Crippen molar-refractivity contribution in [1.29, 1.82) is 0 Å². The fourth-order valence-corrected chi connectivity index (χ4v) is 3.54. The zero-order valence-electron chi connectivity index (χ0n) is 20.5. The highest BCUT2D eigenvalue weighted by atomic mass is 16.7. The first-order valence-electron chi connectivity index (χ1n) is 11.1. The van der Waals surface area contributed by atoms with Crippen LogP contribution in [0.5, 0.6) is 5.75 Å². The quantitative estimate of drug-likeness (QED) is 0.470. The predicted octanol–water partition coefficient (Wildman–Crippen LogP) is 3.00. The lowest BCUT2D eigenvalue weighted by Crippen LogP contribution is -2.43. The number of esters is 1. The number of hydrogen-bond acceptors (Lipinski definition) is 7. The normalized spacial score (nSPS) is 17.1. The van der Waals surface area contributed by atoms with E-state index in [4.69, 9.17) is 23.5 Å². The highest BCUT2D eigenvalue weighted by molar-refractivity contribution is 6.63. The highest BCUT2D eigenvalue weighted by Crippen LogP contribution is 2.37. The Labute approximate surface area is 201 Å². The molecule has 9 heteroatoms. The molecule has 34 heavy (non-hydrogen) atoms. The molecule has 0 radical (unpaired) electrons. The monoisotopic (exact) mass is 469 g/mol. The highest BCUT2D eigenvalue weighted by Gasteiger charge is 2.52. The van der Waals surface area contributed by atoms with E-state index in [0.29, 0.717) is 11.2 Å². The standard InChI is InChI=1S/C25H32BNO7/c1-24(2)25(3,4)34-26(33-24)19-14-18(12-13-21(19)30-5)15-20(22(28)31-6)27-23(29)32-16-17-10-8-7-9-11-17/h7-14,20H,15-16H2,1-6H3,(H,27,29). The fraction of sp³-hybridized carbons (Fsp3) is 0.440. The number of ether oxygens (including phenoxy) is 3. The van der Waals surface area contributed by atoms with Gasteiger partial charge in [-0.05, 0) is 44.9 Å². The maximum atomic E-state index is 12.4. The van der Waals surface area contributed by atoms with E-state index in [-0.39, 0.29) is 13.0 Å². The van der Waals surface area contributed by atoms with Gasteiger partial charge in [-0.15, -0.1) is 0 Å². The molecule has 2 aromatic carbocycles. The molecular formula is C25H32BNO7. The second-order valence-corrected chi connectivity index (χ2v) is 9.15. The minimum absolute atomic E-state index is 0.0924. The maximum Gasteiger partial charge on any atom is 0.498 e. The summed E-state index contributed by atoms with van der Waals surface area (Å²) in [6.45, 7) is 7.99. The molecule has 0 bridgehead atoms. The molecule has 1 amide bonds. The summed E-state index contributed by atoms with van der Waals surface area (Å²) < 4.78 is 28.0. The summed E-state index contributed by atoms with van der Waals surface area (Å²) in [5.41, 5.74) is 1.28. The third-order valence-corrected chi connectivity index (χ3v) is 6.23. The van der Waals surface area contributed by atoms with Crippen molar-refractivity contribution in [3.05, 3.63) is 59.7 Å². The van der Waals surface area contributed by atoms with Crippen molar-refractivity contribution in [1.82, 2.24) is 5.32 Å². The SMILES string of the molecule is COC(=O)C(Cc1ccc(OC)c(B2OC(C)(C)C(C)(C)O2)c1)NC(=O)OCc1ccccc1. The van der Waals surface area contributed by atoms with Gasteiger partial charge in [0, 0.05) is 11.9 Å². The number of nitrogens with one attached hydrogen (secondary N) is 1. The van der Waals surface area contributed by atoms with E-state index in [1.807, 2.05) is 70.2 Å². The molecule has 0 aromatic heterocycles. The lowest BCUT2D eigenvalue weighted by atomic mass is 9.77. The second kappa shape index (κ2) is 10.5. The van der Waals surface area contributed by atoms with Crippen LogP contribution in [0.3, 0.4) is 0 Å². The number of alkyl carbamates (subject to hydrolysis) is 1. The summed E-state index contributed by atoms with van der Waals surface area (Å²) in [5, 5.41) is 2.60. The molecule has 0 aliphatic carbocycles. The molecule has 3 rings (SSSR count). The second-order valence-electron chi connectivity index (χ2n) is 9.15. The Morgan fingerprint density at radius 1 is 0.971 bits per heavy atom. The first-order chi connectivity index (χ1) is 16.1. The molecule has 1 fully saturated rings. The summed E-state index contributed by atoms with van der Waals surface area (Å²) in [7, 11) is 2.21. The minimum atomic E-state index is -0.937. The first kappa shape index (κ1) is 25.6. The van der Waals surface area contributed by atoms with Gasteiger partial charge in [0.25, 0.3) is 0 Å². The molecule has 1 aliphatic heterocycles. The molecule has 0 saturated carbocycles. The van der Waals surface area contributed by atoms with Gasteiger partial charge in [-0.3, -0.25) is 0 Å². The van der Waals surface area contributed by atoms with E-state index >= 15 is 0 Å². The zero-order chi connectivity index (χ0) is 24.9. The topological polar surface area (TPSA) is 92.3 Å². The third-order valence-electron chi connectivity index (χ3n) is 6.23. The number of benzene rings is 2. The van der Waals surface area contributed by atoms with E-state index in [0.717, 1.165) is 11.1 Å². The van der Waals surface area contributed by atoms with Gasteiger partial charge in [0.1, 0.15) is 18.4 Å². The Morgan fingerprint density at radius 2 is 1.62 bits per heavy atom. The largest absolute Gasteiger partial charge is 0.498 e. The summed E-state index contributed by atoms with van der Waals surface area (Å²) in [5.74, 6) is 0.0248. The molecule has 8 nitrogen and oxygen atoms in total. The molecule has 1 N–H and O–H groups in total. The summed E-state index contributed by atoms with van der Waals surface area (Å²) in [4.78, 5) is 24.7. The van der Waals surface area contributed by atoms with Crippen molar-refractivity contribution in [2.24, 2.45) is 0 Å². The molecule has 2 aromatic rings. The van der Waals surface area contributed by atoms with Crippen LogP contribution in [-0.4, -0.2) is 50.6 Å². The van der Waals surface area contributed by atoms with Gasteiger partial charge >= 0.3 is 19.2 Å². The molecule has 1 atom stereocenters. The Balaban J connectivity index is 1.74. The lowest BCUT2D eigenvalue weighted by Gasteiger charge is -2.32. The Hall–Kier alpha value is -3.04. The van der Waals surface area contributed by atoms with Crippen LogP contribution < -0.4 is 15.5 Å². The van der Waals surface area contributed by atoms with Crippen LogP contribution >= 0.6 is 0 Å². The van der Waals surface area contributed by atoms with E-state index < -0.39 is 36.4 Å². The summed E-state index contributed by atoms with van der Waals surface area (Å²) >= 11 is 0. The Bertz CT molecular complexity index is 994. The van der Waals surface area contributed by atoms with Crippen molar-refractivity contribution in [3.8, 4) is 5.75 Å². The molecule has 1 unspecified atom stereocenters. The molecule has 182 valence electrons. The van der Waals surface area contributed by atoms with Gasteiger partial charge < -0.3 is 28.8 Å². The van der Waals surface area contributed by atoms with Crippen LogP contribution in [0, 0.1) is 0 Å². The molecule has 1 aliphatic rings.